The minimum absolute atomic E-state index is 0.0574. The van der Waals surface area contributed by atoms with Crippen LogP contribution in [0.3, 0.4) is 0 Å². The topological polar surface area (TPSA) is 75.6 Å². The van der Waals surface area contributed by atoms with E-state index in [0.717, 1.165) is 5.56 Å². The van der Waals surface area contributed by atoms with Crippen molar-refractivity contribution in [3.63, 3.8) is 0 Å². The van der Waals surface area contributed by atoms with Crippen LogP contribution in [0.4, 0.5) is 0 Å². The predicted octanol–water partition coefficient (Wildman–Crippen LogP) is 2.38. The van der Waals surface area contributed by atoms with E-state index >= 15 is 0 Å². The van der Waals surface area contributed by atoms with E-state index in [2.05, 4.69) is 5.32 Å². The monoisotopic (exact) mass is 293 g/mol. The maximum atomic E-state index is 11.9. The highest BCUT2D eigenvalue weighted by atomic mass is 16.5. The Morgan fingerprint density at radius 2 is 1.90 bits per heavy atom. The van der Waals surface area contributed by atoms with Crippen LogP contribution in [0.15, 0.2) is 24.3 Å². The Bertz CT molecular complexity index is 470. The van der Waals surface area contributed by atoms with Gasteiger partial charge < -0.3 is 15.2 Å². The van der Waals surface area contributed by atoms with Gasteiger partial charge in [0.2, 0.25) is 0 Å². The highest BCUT2D eigenvalue weighted by molar-refractivity contribution is 5.80. The van der Waals surface area contributed by atoms with Gasteiger partial charge in [0.1, 0.15) is 5.75 Å². The number of amides is 1. The Hall–Kier alpha value is -2.04. The number of hydrogen-bond acceptors (Lipinski definition) is 3. The quantitative estimate of drug-likeness (QED) is 0.771. The molecule has 0 aliphatic carbocycles. The molecule has 0 bridgehead atoms. The zero-order valence-electron chi connectivity index (χ0n) is 12.8. The number of hydrogen-bond donors (Lipinski definition) is 2. The molecule has 21 heavy (non-hydrogen) atoms. The molecule has 5 heteroatoms. The predicted molar refractivity (Wildman–Crippen MR) is 80.3 cm³/mol. The Morgan fingerprint density at radius 3 is 2.43 bits per heavy atom. The molecule has 116 valence electrons. The van der Waals surface area contributed by atoms with E-state index in [0.29, 0.717) is 18.7 Å². The average Bonchev–Trinajstić information content (AvgIpc) is 2.45. The van der Waals surface area contributed by atoms with Crippen molar-refractivity contribution in [1.29, 1.82) is 0 Å². The van der Waals surface area contributed by atoms with Crippen molar-refractivity contribution < 1.29 is 19.4 Å². The number of rotatable bonds is 8. The first-order valence-corrected chi connectivity index (χ1v) is 7.15. The Balaban J connectivity index is 2.43. The van der Waals surface area contributed by atoms with Gasteiger partial charge in [-0.2, -0.15) is 0 Å². The van der Waals surface area contributed by atoms with E-state index in [9.17, 15) is 9.59 Å². The van der Waals surface area contributed by atoms with E-state index in [1.54, 1.807) is 6.92 Å². The van der Waals surface area contributed by atoms with Crippen LogP contribution in [0.5, 0.6) is 5.75 Å². The van der Waals surface area contributed by atoms with Gasteiger partial charge in [-0.25, -0.2) is 0 Å². The molecular weight excluding hydrogens is 270 g/mol. The fourth-order valence-corrected chi connectivity index (χ4v) is 1.87. The molecule has 0 heterocycles. The molecule has 0 fully saturated rings. The third-order valence-corrected chi connectivity index (χ3v) is 3.31. The molecule has 1 amide bonds. The van der Waals surface area contributed by atoms with Gasteiger partial charge in [0.25, 0.3) is 5.91 Å². The Kier molecular flexibility index (Phi) is 6.72. The minimum atomic E-state index is -0.847. The molecule has 0 aliphatic rings. The van der Waals surface area contributed by atoms with Gasteiger partial charge >= 0.3 is 5.97 Å². The minimum Gasteiger partial charge on any atom is -0.481 e. The van der Waals surface area contributed by atoms with Crippen molar-refractivity contribution in [2.45, 2.75) is 39.7 Å². The van der Waals surface area contributed by atoms with Gasteiger partial charge in [-0.1, -0.05) is 31.0 Å². The standard InChI is InChI=1S/C16H23NO4/c1-4-13(9-15(18)19)10-17-16(20)12(3)21-14-7-5-11(2)6-8-14/h5-8,12-13H,4,9-10H2,1-3H3,(H,17,20)(H,18,19). The molecule has 0 aromatic heterocycles. The smallest absolute Gasteiger partial charge is 0.303 e. The lowest BCUT2D eigenvalue weighted by Gasteiger charge is -2.17. The van der Waals surface area contributed by atoms with Crippen LogP contribution in [0.2, 0.25) is 0 Å². The lowest BCUT2D eigenvalue weighted by molar-refractivity contribution is -0.138. The van der Waals surface area contributed by atoms with E-state index in [1.807, 2.05) is 38.1 Å². The maximum Gasteiger partial charge on any atom is 0.303 e. The highest BCUT2D eigenvalue weighted by Gasteiger charge is 2.17. The summed E-state index contributed by atoms with van der Waals surface area (Å²) in [7, 11) is 0. The van der Waals surface area contributed by atoms with Gasteiger partial charge in [-0.15, -0.1) is 0 Å². The number of carbonyl (C=O) groups is 2. The summed E-state index contributed by atoms with van der Waals surface area (Å²) in [6.07, 6.45) is 0.152. The van der Waals surface area contributed by atoms with Crippen molar-refractivity contribution in [3.05, 3.63) is 29.8 Å². The first-order valence-electron chi connectivity index (χ1n) is 7.15. The highest BCUT2D eigenvalue weighted by Crippen LogP contribution is 2.13. The second-order valence-corrected chi connectivity index (χ2v) is 5.19. The van der Waals surface area contributed by atoms with E-state index in [4.69, 9.17) is 9.84 Å². The van der Waals surface area contributed by atoms with Crippen LogP contribution in [-0.2, 0) is 9.59 Å². The molecule has 5 nitrogen and oxygen atoms in total. The number of aryl methyl sites for hydroxylation is 1. The van der Waals surface area contributed by atoms with Crippen LogP contribution in [-0.4, -0.2) is 29.6 Å². The SMILES string of the molecule is CCC(CNC(=O)C(C)Oc1ccc(C)cc1)CC(=O)O. The molecule has 0 radical (unpaired) electrons. The summed E-state index contributed by atoms with van der Waals surface area (Å²) in [4.78, 5) is 22.6. The number of benzene rings is 1. The van der Waals surface area contributed by atoms with Gasteiger partial charge in [0.05, 0.1) is 0 Å². The van der Waals surface area contributed by atoms with Crippen LogP contribution in [0.1, 0.15) is 32.3 Å². The molecule has 1 rings (SSSR count). The molecule has 2 atom stereocenters. The van der Waals surface area contributed by atoms with Crippen LogP contribution in [0.25, 0.3) is 0 Å². The molecule has 2 N–H and O–H groups in total. The summed E-state index contributed by atoms with van der Waals surface area (Å²) in [6, 6.07) is 7.47. The van der Waals surface area contributed by atoms with E-state index in [1.165, 1.54) is 0 Å². The van der Waals surface area contributed by atoms with Gasteiger partial charge in [-0.3, -0.25) is 9.59 Å². The third kappa shape index (κ3) is 6.29. The maximum absolute atomic E-state index is 11.9. The van der Waals surface area contributed by atoms with Gasteiger partial charge in [-0.05, 0) is 31.9 Å². The number of aliphatic carboxylic acids is 1. The average molecular weight is 293 g/mol. The molecule has 0 saturated heterocycles. The summed E-state index contributed by atoms with van der Waals surface area (Å²) in [5.41, 5.74) is 1.12. The van der Waals surface area contributed by atoms with Gasteiger partial charge in [0.15, 0.2) is 6.10 Å². The first kappa shape index (κ1) is 17.0. The van der Waals surface area contributed by atoms with E-state index in [-0.39, 0.29) is 18.2 Å². The van der Waals surface area contributed by atoms with E-state index < -0.39 is 12.1 Å². The normalized spacial score (nSPS) is 13.3. The van der Waals surface area contributed by atoms with Crippen LogP contribution in [0, 0.1) is 12.8 Å². The van der Waals surface area contributed by atoms with Crippen LogP contribution < -0.4 is 10.1 Å². The Labute approximate surface area is 125 Å². The fourth-order valence-electron chi connectivity index (χ4n) is 1.87. The fraction of sp³-hybridized carbons (Fsp3) is 0.500. The Morgan fingerprint density at radius 1 is 1.29 bits per heavy atom. The van der Waals surface area contributed by atoms with Gasteiger partial charge in [0, 0.05) is 13.0 Å². The number of carboxylic acid groups (broad SMARTS) is 1. The molecule has 2 unspecified atom stereocenters. The summed E-state index contributed by atoms with van der Waals surface area (Å²) >= 11 is 0. The second-order valence-electron chi connectivity index (χ2n) is 5.19. The lowest BCUT2D eigenvalue weighted by Crippen LogP contribution is -2.39. The van der Waals surface area contributed by atoms with Crippen molar-refractivity contribution in [3.8, 4) is 5.75 Å². The molecule has 1 aromatic rings. The molecular formula is C16H23NO4. The third-order valence-electron chi connectivity index (χ3n) is 3.31. The summed E-state index contributed by atoms with van der Waals surface area (Å²) in [5.74, 6) is -0.502. The van der Waals surface area contributed by atoms with Crippen LogP contribution >= 0.6 is 0 Å². The van der Waals surface area contributed by atoms with Crippen molar-refractivity contribution in [1.82, 2.24) is 5.32 Å². The zero-order valence-corrected chi connectivity index (χ0v) is 12.8. The second kappa shape index (κ2) is 8.29. The lowest BCUT2D eigenvalue weighted by atomic mass is 10.0. The number of nitrogens with one attached hydrogen (secondary N) is 1. The van der Waals surface area contributed by atoms with Crippen molar-refractivity contribution in [2.75, 3.05) is 6.54 Å². The number of carboxylic acids is 1. The van der Waals surface area contributed by atoms with Crippen molar-refractivity contribution >= 4 is 11.9 Å². The number of ether oxygens (including phenoxy) is 1. The first-order chi connectivity index (χ1) is 9.92. The number of carbonyl (C=O) groups excluding carboxylic acids is 1. The summed E-state index contributed by atoms with van der Waals surface area (Å²) < 4.78 is 5.55. The molecule has 0 spiro atoms. The largest absolute Gasteiger partial charge is 0.481 e. The molecule has 0 aliphatic heterocycles. The van der Waals surface area contributed by atoms with Crippen molar-refractivity contribution in [2.24, 2.45) is 5.92 Å². The summed E-state index contributed by atoms with van der Waals surface area (Å²) in [5, 5.41) is 11.5. The molecule has 1 aromatic carbocycles. The summed E-state index contributed by atoms with van der Waals surface area (Å²) in [6.45, 7) is 5.91. The zero-order chi connectivity index (χ0) is 15.8. The molecule has 0 saturated carbocycles.